The number of unbranched alkanes of at least 4 members (excludes halogenated alkanes) is 1. The van der Waals surface area contributed by atoms with Crippen LogP contribution in [0, 0.1) is 0 Å². The first-order valence-electron chi connectivity index (χ1n) is 13.5. The molecule has 4 rings (SSSR count). The van der Waals surface area contributed by atoms with Gasteiger partial charge in [0.1, 0.15) is 16.5 Å². The van der Waals surface area contributed by atoms with Crippen molar-refractivity contribution in [2.24, 2.45) is 0 Å². The zero-order chi connectivity index (χ0) is 27.1. The van der Waals surface area contributed by atoms with Crippen molar-refractivity contribution in [3.63, 3.8) is 0 Å². The van der Waals surface area contributed by atoms with Crippen molar-refractivity contribution in [2.45, 2.75) is 70.5 Å². The standard InChI is InChI=1S/C27H39N7O3S/c1-4-14-32(15-5-2)16-6-7-17-34-27(35)23-9-8-22(18-24(23)38(34,36)37)19-33(20-25-28-10-11-29-25)21(3)26-30-12-13-31-26/h8-13,18,21H,4-7,14-17,19-20H2,1-3H3,(H,28,29)(H,30,31). The van der Waals surface area contributed by atoms with E-state index in [1.54, 1.807) is 36.9 Å². The highest BCUT2D eigenvalue weighted by Gasteiger charge is 2.41. The van der Waals surface area contributed by atoms with Crippen molar-refractivity contribution < 1.29 is 13.2 Å². The van der Waals surface area contributed by atoms with Gasteiger partial charge in [0.2, 0.25) is 0 Å². The maximum absolute atomic E-state index is 13.4. The van der Waals surface area contributed by atoms with E-state index in [0.717, 1.165) is 60.4 Å². The Labute approximate surface area is 225 Å². The summed E-state index contributed by atoms with van der Waals surface area (Å²) in [5.41, 5.74) is 1.06. The van der Waals surface area contributed by atoms with E-state index >= 15 is 0 Å². The molecule has 1 amide bonds. The Bertz CT molecular complexity index is 1270. The molecule has 2 aromatic heterocycles. The van der Waals surface area contributed by atoms with Crippen LogP contribution >= 0.6 is 0 Å². The summed E-state index contributed by atoms with van der Waals surface area (Å²) in [7, 11) is -3.87. The van der Waals surface area contributed by atoms with E-state index < -0.39 is 15.9 Å². The first kappa shape index (κ1) is 28.0. The van der Waals surface area contributed by atoms with Gasteiger partial charge in [0.25, 0.3) is 15.9 Å². The molecule has 0 fully saturated rings. The lowest BCUT2D eigenvalue weighted by Gasteiger charge is -2.27. The molecule has 2 N–H and O–H groups in total. The largest absolute Gasteiger partial charge is 0.348 e. The lowest BCUT2D eigenvalue weighted by Crippen LogP contribution is -2.32. The second kappa shape index (κ2) is 12.7. The van der Waals surface area contributed by atoms with Gasteiger partial charge in [-0.2, -0.15) is 0 Å². The Morgan fingerprint density at radius 3 is 2.37 bits per heavy atom. The molecular formula is C27H39N7O3S. The second-order valence-electron chi connectivity index (χ2n) is 9.85. The van der Waals surface area contributed by atoms with Gasteiger partial charge < -0.3 is 14.9 Å². The minimum absolute atomic E-state index is 0.0712. The van der Waals surface area contributed by atoms with E-state index in [1.807, 2.05) is 13.0 Å². The van der Waals surface area contributed by atoms with Crippen molar-refractivity contribution in [1.29, 1.82) is 0 Å². The molecule has 1 atom stereocenters. The molecule has 38 heavy (non-hydrogen) atoms. The van der Waals surface area contributed by atoms with Crippen LogP contribution in [0.4, 0.5) is 0 Å². The Kier molecular flexibility index (Phi) is 9.35. The number of rotatable bonds is 15. The molecule has 0 saturated heterocycles. The number of imidazole rings is 2. The number of H-pyrrole nitrogens is 2. The van der Waals surface area contributed by atoms with Crippen LogP contribution in [0.2, 0.25) is 0 Å². The highest BCUT2D eigenvalue weighted by atomic mass is 32.2. The molecule has 0 radical (unpaired) electrons. The summed E-state index contributed by atoms with van der Waals surface area (Å²) in [5.74, 6) is 1.18. The molecule has 11 heteroatoms. The minimum atomic E-state index is -3.87. The molecule has 3 aromatic rings. The fourth-order valence-corrected chi connectivity index (χ4v) is 6.67. The summed E-state index contributed by atoms with van der Waals surface area (Å²) >= 11 is 0. The normalized spacial score (nSPS) is 15.5. The Morgan fingerprint density at radius 2 is 1.71 bits per heavy atom. The molecule has 206 valence electrons. The molecule has 1 aliphatic rings. The number of aromatic amines is 2. The molecule has 1 unspecified atom stereocenters. The molecule has 0 saturated carbocycles. The van der Waals surface area contributed by atoms with Crippen LogP contribution in [0.3, 0.4) is 0 Å². The highest BCUT2D eigenvalue weighted by molar-refractivity contribution is 7.90. The monoisotopic (exact) mass is 541 g/mol. The van der Waals surface area contributed by atoms with Gasteiger partial charge in [0, 0.05) is 37.9 Å². The fraction of sp³-hybridized carbons (Fsp3) is 0.519. The van der Waals surface area contributed by atoms with Gasteiger partial charge in [-0.3, -0.25) is 9.69 Å². The van der Waals surface area contributed by atoms with Gasteiger partial charge in [0.05, 0.1) is 18.2 Å². The predicted octanol–water partition coefficient (Wildman–Crippen LogP) is 3.94. The van der Waals surface area contributed by atoms with Crippen LogP contribution in [0.25, 0.3) is 0 Å². The molecule has 1 aliphatic heterocycles. The molecule has 0 aliphatic carbocycles. The molecule has 10 nitrogen and oxygen atoms in total. The number of hydrogen-bond acceptors (Lipinski definition) is 7. The number of hydrogen-bond donors (Lipinski definition) is 2. The Morgan fingerprint density at radius 1 is 0.974 bits per heavy atom. The number of aromatic nitrogens is 4. The Hall–Kier alpha value is -3.02. The third-order valence-corrected chi connectivity index (χ3v) is 8.81. The van der Waals surface area contributed by atoms with Gasteiger partial charge in [-0.1, -0.05) is 19.9 Å². The first-order valence-corrected chi connectivity index (χ1v) is 14.9. The topological polar surface area (TPSA) is 118 Å². The minimum Gasteiger partial charge on any atom is -0.348 e. The summed E-state index contributed by atoms with van der Waals surface area (Å²) in [6, 6.07) is 5.07. The quantitative estimate of drug-likeness (QED) is 0.280. The lowest BCUT2D eigenvalue weighted by atomic mass is 10.1. The van der Waals surface area contributed by atoms with Gasteiger partial charge in [-0.05, 0) is 69.9 Å². The smallest absolute Gasteiger partial charge is 0.269 e. The van der Waals surface area contributed by atoms with Gasteiger partial charge >= 0.3 is 0 Å². The molecule has 0 spiro atoms. The summed E-state index contributed by atoms with van der Waals surface area (Å²) in [6.45, 7) is 10.6. The zero-order valence-electron chi connectivity index (χ0n) is 22.6. The van der Waals surface area contributed by atoms with Gasteiger partial charge in [-0.15, -0.1) is 0 Å². The molecule has 3 heterocycles. The van der Waals surface area contributed by atoms with E-state index in [4.69, 9.17) is 0 Å². The van der Waals surface area contributed by atoms with Crippen LogP contribution < -0.4 is 0 Å². The fourth-order valence-electron chi connectivity index (χ4n) is 5.02. The predicted molar refractivity (Wildman–Crippen MR) is 146 cm³/mol. The van der Waals surface area contributed by atoms with Crippen LogP contribution in [-0.4, -0.2) is 74.5 Å². The number of fused-ring (bicyclic) bond motifs is 1. The van der Waals surface area contributed by atoms with Crippen LogP contribution in [0.5, 0.6) is 0 Å². The van der Waals surface area contributed by atoms with E-state index in [0.29, 0.717) is 19.5 Å². The van der Waals surface area contributed by atoms with Crippen molar-refractivity contribution >= 4 is 15.9 Å². The summed E-state index contributed by atoms with van der Waals surface area (Å²) in [5, 5.41) is 0. The highest BCUT2D eigenvalue weighted by Crippen LogP contribution is 2.32. The van der Waals surface area contributed by atoms with Gasteiger partial charge in [-0.25, -0.2) is 22.7 Å². The van der Waals surface area contributed by atoms with Crippen LogP contribution in [0.15, 0.2) is 47.9 Å². The number of nitrogens with zero attached hydrogens (tertiary/aromatic N) is 5. The first-order chi connectivity index (χ1) is 18.3. The molecule has 1 aromatic carbocycles. The maximum atomic E-state index is 13.4. The number of amides is 1. The van der Waals surface area contributed by atoms with Crippen molar-refractivity contribution in [3.8, 4) is 0 Å². The number of sulfonamides is 1. The zero-order valence-corrected chi connectivity index (χ0v) is 23.4. The van der Waals surface area contributed by atoms with Crippen molar-refractivity contribution in [1.82, 2.24) is 34.0 Å². The molecular weight excluding hydrogens is 502 g/mol. The van der Waals surface area contributed by atoms with Crippen LogP contribution in [-0.2, 0) is 23.1 Å². The van der Waals surface area contributed by atoms with E-state index in [1.165, 1.54) is 0 Å². The average molecular weight is 542 g/mol. The number of carbonyl (C=O) groups excluding carboxylic acids is 1. The van der Waals surface area contributed by atoms with Gasteiger partial charge in [0.15, 0.2) is 0 Å². The number of benzene rings is 1. The summed E-state index contributed by atoms with van der Waals surface area (Å²) in [6.07, 6.45) is 10.7. The third kappa shape index (κ3) is 6.33. The third-order valence-electron chi connectivity index (χ3n) is 6.99. The van der Waals surface area contributed by atoms with E-state index in [9.17, 15) is 13.2 Å². The second-order valence-corrected chi connectivity index (χ2v) is 11.7. The lowest BCUT2D eigenvalue weighted by molar-refractivity contribution is 0.0868. The van der Waals surface area contributed by atoms with Crippen molar-refractivity contribution in [3.05, 3.63) is 65.8 Å². The summed E-state index contributed by atoms with van der Waals surface area (Å²) in [4.78, 5) is 32.7. The SMILES string of the molecule is CCCN(CCC)CCCCN1C(=O)c2ccc(CN(Cc3ncc[nH]3)C(C)c3ncc[nH]3)cc2S1(=O)=O. The number of carbonyl (C=O) groups is 1. The Balaban J connectivity index is 1.46. The number of nitrogens with one attached hydrogen (secondary N) is 2. The average Bonchev–Trinajstić information content (AvgIpc) is 3.65. The summed E-state index contributed by atoms with van der Waals surface area (Å²) < 4.78 is 27.8. The van der Waals surface area contributed by atoms with E-state index in [-0.39, 0.29) is 23.0 Å². The van der Waals surface area contributed by atoms with E-state index in [2.05, 4.69) is 43.6 Å². The van der Waals surface area contributed by atoms with Crippen LogP contribution in [0.1, 0.15) is 80.1 Å². The van der Waals surface area contributed by atoms with Crippen molar-refractivity contribution in [2.75, 3.05) is 26.2 Å². The molecule has 0 bridgehead atoms. The maximum Gasteiger partial charge on any atom is 0.269 e.